The number of nitrogens with two attached hydrogens (primary N) is 1. The van der Waals surface area contributed by atoms with Crippen LogP contribution in [-0.2, 0) is 16.6 Å². The third-order valence-electron chi connectivity index (χ3n) is 4.94. The van der Waals surface area contributed by atoms with E-state index in [0.29, 0.717) is 13.1 Å². The number of piperazine rings is 1. The van der Waals surface area contributed by atoms with Crippen molar-refractivity contribution < 1.29 is 13.2 Å². The lowest BCUT2D eigenvalue weighted by Gasteiger charge is -2.35. The molecule has 1 fully saturated rings. The van der Waals surface area contributed by atoms with Gasteiger partial charge >= 0.3 is 0 Å². The lowest BCUT2D eigenvalue weighted by Crippen LogP contribution is -2.48. The maximum Gasteiger partial charge on any atom is 0.256 e. The molecule has 0 spiro atoms. The smallest absolute Gasteiger partial charge is 0.256 e. The van der Waals surface area contributed by atoms with Gasteiger partial charge in [0.05, 0.1) is 10.5 Å². The Morgan fingerprint density at radius 1 is 1.03 bits per heavy atom. The summed E-state index contributed by atoms with van der Waals surface area (Å²) in [7, 11) is -0.710. The predicted molar refractivity (Wildman–Crippen MR) is 117 cm³/mol. The molecule has 0 aliphatic carbocycles. The maximum absolute atomic E-state index is 13.0. The molecule has 2 N–H and O–H groups in total. The molecule has 0 unspecified atom stereocenters. The van der Waals surface area contributed by atoms with Crippen molar-refractivity contribution >= 4 is 34.0 Å². The second-order valence-corrected chi connectivity index (χ2v) is 9.24. The standard InChI is InChI=1S/C20H26N4O3S.ClH/c1-22(2)28(26,27)17-8-9-19(21)18(14-17)20(25)24-12-10-23(11-13-24)15-16-6-4-3-5-7-16;/h3-9,14H,10-13,15,21H2,1-2H3;1H. The van der Waals surface area contributed by atoms with Crippen LogP contribution >= 0.6 is 12.4 Å². The number of sulfonamides is 1. The first kappa shape index (κ1) is 23.2. The molecule has 2 aromatic rings. The van der Waals surface area contributed by atoms with Crippen molar-refractivity contribution in [1.29, 1.82) is 0 Å². The van der Waals surface area contributed by atoms with E-state index in [0.717, 1.165) is 23.9 Å². The van der Waals surface area contributed by atoms with Crippen molar-refractivity contribution in [3.05, 3.63) is 59.7 Å². The van der Waals surface area contributed by atoms with Crippen LogP contribution in [0, 0.1) is 0 Å². The number of amides is 1. The van der Waals surface area contributed by atoms with E-state index in [1.165, 1.54) is 37.9 Å². The molecule has 0 atom stereocenters. The van der Waals surface area contributed by atoms with E-state index in [1.807, 2.05) is 18.2 Å². The Bertz CT molecular complexity index is 943. The van der Waals surface area contributed by atoms with Gasteiger partial charge in [-0.2, -0.15) is 0 Å². The van der Waals surface area contributed by atoms with Crippen LogP contribution in [0.1, 0.15) is 15.9 Å². The average Bonchev–Trinajstić information content (AvgIpc) is 2.69. The van der Waals surface area contributed by atoms with Gasteiger partial charge < -0.3 is 10.6 Å². The molecular weight excluding hydrogens is 412 g/mol. The molecule has 29 heavy (non-hydrogen) atoms. The minimum atomic E-state index is -3.62. The van der Waals surface area contributed by atoms with Gasteiger partial charge in [0, 0.05) is 52.5 Å². The van der Waals surface area contributed by atoms with E-state index < -0.39 is 10.0 Å². The summed E-state index contributed by atoms with van der Waals surface area (Å²) in [5, 5.41) is 0. The van der Waals surface area contributed by atoms with Gasteiger partial charge in [0.1, 0.15) is 0 Å². The predicted octanol–water partition coefficient (Wildman–Crippen LogP) is 1.90. The van der Waals surface area contributed by atoms with E-state index in [-0.39, 0.29) is 34.5 Å². The van der Waals surface area contributed by atoms with E-state index in [1.54, 1.807) is 4.90 Å². The molecule has 0 radical (unpaired) electrons. The molecule has 1 saturated heterocycles. The molecule has 0 aromatic heterocycles. The van der Waals surface area contributed by atoms with Gasteiger partial charge in [-0.1, -0.05) is 30.3 Å². The van der Waals surface area contributed by atoms with Gasteiger partial charge in [0.2, 0.25) is 10.0 Å². The minimum absolute atomic E-state index is 0. The molecule has 0 bridgehead atoms. The highest BCUT2D eigenvalue weighted by atomic mass is 35.5. The molecule has 0 saturated carbocycles. The van der Waals surface area contributed by atoms with Crippen molar-refractivity contribution in [2.24, 2.45) is 0 Å². The first-order valence-corrected chi connectivity index (χ1v) is 10.6. The number of benzene rings is 2. The zero-order chi connectivity index (χ0) is 20.3. The zero-order valence-electron chi connectivity index (χ0n) is 16.6. The van der Waals surface area contributed by atoms with E-state index >= 15 is 0 Å². The number of anilines is 1. The Kier molecular flexibility index (Phi) is 7.65. The normalized spacial score (nSPS) is 15.2. The lowest BCUT2D eigenvalue weighted by molar-refractivity contribution is 0.0629. The van der Waals surface area contributed by atoms with Gasteiger partial charge in [0.15, 0.2) is 0 Å². The van der Waals surface area contributed by atoms with Gasteiger partial charge in [-0.05, 0) is 23.8 Å². The second kappa shape index (κ2) is 9.58. The van der Waals surface area contributed by atoms with Crippen LogP contribution in [0.4, 0.5) is 5.69 Å². The first-order valence-electron chi connectivity index (χ1n) is 9.16. The van der Waals surface area contributed by atoms with Crippen LogP contribution in [0.15, 0.2) is 53.4 Å². The number of rotatable bonds is 5. The van der Waals surface area contributed by atoms with E-state index in [9.17, 15) is 13.2 Å². The monoisotopic (exact) mass is 438 g/mol. The minimum Gasteiger partial charge on any atom is -0.398 e. The second-order valence-electron chi connectivity index (χ2n) is 7.09. The fourth-order valence-electron chi connectivity index (χ4n) is 3.21. The quantitative estimate of drug-likeness (QED) is 0.720. The van der Waals surface area contributed by atoms with Gasteiger partial charge in [-0.15, -0.1) is 12.4 Å². The lowest BCUT2D eigenvalue weighted by atomic mass is 10.1. The molecule has 2 aromatic carbocycles. The average molecular weight is 439 g/mol. The molecule has 158 valence electrons. The highest BCUT2D eigenvalue weighted by Gasteiger charge is 2.26. The van der Waals surface area contributed by atoms with Crippen molar-refractivity contribution in [3.8, 4) is 0 Å². The van der Waals surface area contributed by atoms with Crippen LogP contribution < -0.4 is 5.73 Å². The zero-order valence-corrected chi connectivity index (χ0v) is 18.2. The summed E-state index contributed by atoms with van der Waals surface area (Å²) in [6, 6.07) is 14.5. The van der Waals surface area contributed by atoms with Gasteiger partial charge in [-0.25, -0.2) is 12.7 Å². The molecule has 7 nitrogen and oxygen atoms in total. The third kappa shape index (κ3) is 5.27. The topological polar surface area (TPSA) is 86.9 Å². The first-order chi connectivity index (χ1) is 13.3. The molecule has 9 heteroatoms. The Hall–Kier alpha value is -2.13. The summed E-state index contributed by atoms with van der Waals surface area (Å²) >= 11 is 0. The summed E-state index contributed by atoms with van der Waals surface area (Å²) in [5.74, 6) is -0.229. The molecule has 1 aliphatic rings. The fraction of sp³-hybridized carbons (Fsp3) is 0.350. The number of nitrogens with zero attached hydrogens (tertiary/aromatic N) is 3. The molecule has 1 heterocycles. The summed E-state index contributed by atoms with van der Waals surface area (Å²) in [5.41, 5.74) is 7.75. The van der Waals surface area contributed by atoms with Crippen LogP contribution in [0.5, 0.6) is 0 Å². The van der Waals surface area contributed by atoms with E-state index in [4.69, 9.17) is 5.73 Å². The number of hydrogen-bond donors (Lipinski definition) is 1. The number of halogens is 1. The van der Waals surface area contributed by atoms with Crippen LogP contribution in [0.3, 0.4) is 0 Å². The third-order valence-corrected chi connectivity index (χ3v) is 6.75. The van der Waals surface area contributed by atoms with Crippen molar-refractivity contribution in [2.45, 2.75) is 11.4 Å². The van der Waals surface area contributed by atoms with Gasteiger partial charge in [-0.3, -0.25) is 9.69 Å². The largest absolute Gasteiger partial charge is 0.398 e. The summed E-state index contributed by atoms with van der Waals surface area (Å²) < 4.78 is 25.8. The van der Waals surface area contributed by atoms with Crippen LogP contribution in [0.25, 0.3) is 0 Å². The molecule has 1 aliphatic heterocycles. The molecule has 3 rings (SSSR count). The number of carbonyl (C=O) groups excluding carboxylic acids is 1. The maximum atomic E-state index is 13.0. The fourth-order valence-corrected chi connectivity index (χ4v) is 4.14. The number of nitrogen functional groups attached to an aromatic ring is 1. The van der Waals surface area contributed by atoms with Crippen molar-refractivity contribution in [3.63, 3.8) is 0 Å². The molecule has 1 amide bonds. The Labute approximate surface area is 178 Å². The van der Waals surface area contributed by atoms with Crippen molar-refractivity contribution in [1.82, 2.24) is 14.1 Å². The van der Waals surface area contributed by atoms with E-state index in [2.05, 4.69) is 17.0 Å². The Morgan fingerprint density at radius 3 is 2.24 bits per heavy atom. The Balaban J connectivity index is 0.00000300. The summed E-state index contributed by atoms with van der Waals surface area (Å²) in [4.78, 5) is 17.1. The Morgan fingerprint density at radius 2 is 1.66 bits per heavy atom. The summed E-state index contributed by atoms with van der Waals surface area (Å²) in [6.07, 6.45) is 0. The highest BCUT2D eigenvalue weighted by Crippen LogP contribution is 2.22. The number of hydrogen-bond acceptors (Lipinski definition) is 5. The summed E-state index contributed by atoms with van der Waals surface area (Å²) in [6.45, 7) is 3.53. The van der Waals surface area contributed by atoms with Crippen LogP contribution in [-0.4, -0.2) is 68.7 Å². The number of carbonyl (C=O) groups is 1. The van der Waals surface area contributed by atoms with Gasteiger partial charge in [0.25, 0.3) is 5.91 Å². The van der Waals surface area contributed by atoms with Crippen LogP contribution in [0.2, 0.25) is 0 Å². The highest BCUT2D eigenvalue weighted by molar-refractivity contribution is 7.89. The van der Waals surface area contributed by atoms with Crippen molar-refractivity contribution in [2.75, 3.05) is 46.0 Å². The SMILES string of the molecule is CN(C)S(=O)(=O)c1ccc(N)c(C(=O)N2CCN(Cc3ccccc3)CC2)c1.Cl. The molecular formula is C20H27ClN4O3S.